The van der Waals surface area contributed by atoms with Crippen LogP contribution < -0.4 is 0 Å². The maximum atomic E-state index is 6.27. The van der Waals surface area contributed by atoms with E-state index >= 15 is 0 Å². The monoisotopic (exact) mass is 309 g/mol. The van der Waals surface area contributed by atoms with Crippen LogP contribution in [0.1, 0.15) is 30.2 Å². The molecule has 0 bridgehead atoms. The molecule has 0 radical (unpaired) electrons. The van der Waals surface area contributed by atoms with Crippen LogP contribution in [0.3, 0.4) is 0 Å². The van der Waals surface area contributed by atoms with Crippen LogP contribution in [0.2, 0.25) is 0 Å². The van der Waals surface area contributed by atoms with Crippen LogP contribution >= 0.6 is 11.3 Å². The highest BCUT2D eigenvalue weighted by Crippen LogP contribution is 2.50. The molecule has 3 heterocycles. The van der Waals surface area contributed by atoms with Crippen LogP contribution in [0, 0.1) is 0 Å². The Hall–Kier alpha value is -1.71. The van der Waals surface area contributed by atoms with Crippen molar-refractivity contribution < 1.29 is 4.74 Å². The fraction of sp³-hybridized carbons (Fsp3) is 0.316. The Morgan fingerprint density at radius 2 is 2.18 bits per heavy atom. The fourth-order valence-electron chi connectivity index (χ4n) is 3.60. The first kappa shape index (κ1) is 13.9. The lowest BCUT2D eigenvalue weighted by Gasteiger charge is -2.35. The van der Waals surface area contributed by atoms with Gasteiger partial charge in [0.05, 0.1) is 6.61 Å². The number of rotatable bonds is 2. The smallest absolute Gasteiger partial charge is 0.119 e. The summed E-state index contributed by atoms with van der Waals surface area (Å²) in [5.74, 6) is 0. The molecule has 3 heteroatoms. The Labute approximate surface area is 135 Å². The van der Waals surface area contributed by atoms with Crippen molar-refractivity contribution in [3.8, 4) is 10.4 Å². The molecule has 2 aromatic rings. The van der Waals surface area contributed by atoms with Crippen molar-refractivity contribution in [3.05, 3.63) is 64.8 Å². The van der Waals surface area contributed by atoms with Crippen molar-refractivity contribution in [2.45, 2.75) is 31.8 Å². The predicted octanol–water partition coefficient (Wildman–Crippen LogP) is 4.87. The van der Waals surface area contributed by atoms with Crippen molar-refractivity contribution in [2.75, 3.05) is 6.61 Å². The molecular formula is C19H19NOS. The van der Waals surface area contributed by atoms with Gasteiger partial charge in [-0.1, -0.05) is 18.2 Å². The summed E-state index contributed by atoms with van der Waals surface area (Å²) in [6, 6.07) is 6.52. The minimum Gasteiger partial charge on any atom is -0.361 e. The maximum absolute atomic E-state index is 6.27. The van der Waals surface area contributed by atoms with Crippen molar-refractivity contribution in [1.82, 2.24) is 4.98 Å². The third-order valence-electron chi connectivity index (χ3n) is 4.59. The number of aromatic nitrogens is 1. The number of pyridine rings is 1. The summed E-state index contributed by atoms with van der Waals surface area (Å²) in [6.45, 7) is 2.80. The molecule has 1 unspecified atom stereocenters. The number of allylic oxidation sites excluding steroid dienone is 1. The lowest BCUT2D eigenvalue weighted by Crippen LogP contribution is -2.31. The van der Waals surface area contributed by atoms with Gasteiger partial charge in [0.2, 0.25) is 0 Å². The quantitative estimate of drug-likeness (QED) is 0.789. The highest BCUT2D eigenvalue weighted by atomic mass is 32.1. The zero-order valence-corrected chi connectivity index (χ0v) is 13.5. The van der Waals surface area contributed by atoms with Crippen LogP contribution in [0.4, 0.5) is 0 Å². The predicted molar refractivity (Wildman–Crippen MR) is 91.0 cm³/mol. The Kier molecular flexibility index (Phi) is 3.47. The van der Waals surface area contributed by atoms with Gasteiger partial charge in [0.1, 0.15) is 5.60 Å². The van der Waals surface area contributed by atoms with Crippen LogP contribution in [-0.2, 0) is 16.8 Å². The number of hydrogen-bond donors (Lipinski definition) is 0. The van der Waals surface area contributed by atoms with Crippen LogP contribution in [-0.4, -0.2) is 11.6 Å². The van der Waals surface area contributed by atoms with Gasteiger partial charge in [0.15, 0.2) is 0 Å². The maximum Gasteiger partial charge on any atom is 0.119 e. The molecule has 112 valence electrons. The minimum absolute atomic E-state index is 0.206. The summed E-state index contributed by atoms with van der Waals surface area (Å²) in [6.07, 6.45) is 13.7. The van der Waals surface area contributed by atoms with Crippen LogP contribution in [0.25, 0.3) is 10.4 Å². The number of fused-ring (bicyclic) bond motifs is 2. The second kappa shape index (κ2) is 5.49. The summed E-state index contributed by atoms with van der Waals surface area (Å²) in [7, 11) is 0. The zero-order chi connectivity index (χ0) is 15.0. The van der Waals surface area contributed by atoms with Gasteiger partial charge in [-0.2, -0.15) is 0 Å². The average molecular weight is 309 g/mol. The molecule has 2 aromatic heterocycles. The van der Waals surface area contributed by atoms with E-state index in [4.69, 9.17) is 4.74 Å². The molecule has 0 fully saturated rings. The van der Waals surface area contributed by atoms with E-state index in [0.717, 1.165) is 13.0 Å². The largest absolute Gasteiger partial charge is 0.361 e. The van der Waals surface area contributed by atoms with Gasteiger partial charge >= 0.3 is 0 Å². The molecule has 0 saturated heterocycles. The van der Waals surface area contributed by atoms with E-state index in [9.17, 15) is 0 Å². The molecular weight excluding hydrogens is 290 g/mol. The van der Waals surface area contributed by atoms with E-state index in [1.54, 1.807) is 0 Å². The first-order valence-electron chi connectivity index (χ1n) is 7.84. The van der Waals surface area contributed by atoms with Crippen LogP contribution in [0.15, 0.2) is 54.4 Å². The lowest BCUT2D eigenvalue weighted by molar-refractivity contribution is 0.00393. The van der Waals surface area contributed by atoms with Crippen molar-refractivity contribution in [1.29, 1.82) is 0 Å². The second-order valence-electron chi connectivity index (χ2n) is 5.83. The lowest BCUT2D eigenvalue weighted by atomic mass is 9.78. The topological polar surface area (TPSA) is 22.1 Å². The minimum atomic E-state index is -0.206. The van der Waals surface area contributed by atoms with E-state index in [-0.39, 0.29) is 5.60 Å². The molecule has 0 aromatic carbocycles. The number of nitrogens with zero attached hydrogens (tertiary/aromatic N) is 1. The molecule has 1 aliphatic heterocycles. The van der Waals surface area contributed by atoms with E-state index < -0.39 is 0 Å². The molecule has 1 atom stereocenters. The summed E-state index contributed by atoms with van der Waals surface area (Å²) in [5.41, 5.74) is 3.76. The first-order chi connectivity index (χ1) is 10.8. The normalized spacial score (nSPS) is 24.0. The number of ether oxygens (including phenoxy) is 1. The van der Waals surface area contributed by atoms with E-state index in [1.165, 1.54) is 39.3 Å². The summed E-state index contributed by atoms with van der Waals surface area (Å²) < 4.78 is 6.27. The Bertz CT molecular complexity index is 744. The first-order valence-corrected chi connectivity index (χ1v) is 8.66. The highest BCUT2D eigenvalue weighted by molar-refractivity contribution is 7.15. The van der Waals surface area contributed by atoms with Crippen molar-refractivity contribution >= 4 is 11.3 Å². The molecule has 1 aliphatic carbocycles. The third-order valence-corrected chi connectivity index (χ3v) is 5.83. The molecule has 2 nitrogen and oxygen atoms in total. The van der Waals surface area contributed by atoms with Gasteiger partial charge < -0.3 is 4.74 Å². The van der Waals surface area contributed by atoms with Gasteiger partial charge in [-0.3, -0.25) is 4.98 Å². The molecule has 1 spiro atoms. The molecule has 2 aliphatic rings. The number of thiophene rings is 1. The van der Waals surface area contributed by atoms with E-state index in [0.29, 0.717) is 0 Å². The van der Waals surface area contributed by atoms with Gasteiger partial charge in [-0.15, -0.1) is 11.3 Å². The van der Waals surface area contributed by atoms with Gasteiger partial charge in [0.25, 0.3) is 0 Å². The Balaban J connectivity index is 1.82. The van der Waals surface area contributed by atoms with E-state index in [1.807, 2.05) is 23.7 Å². The van der Waals surface area contributed by atoms with Gasteiger partial charge in [-0.25, -0.2) is 0 Å². The highest BCUT2D eigenvalue weighted by Gasteiger charge is 2.43. The summed E-state index contributed by atoms with van der Waals surface area (Å²) in [5, 5.41) is 0. The molecule has 0 N–H and O–H groups in total. The molecule has 0 saturated carbocycles. The molecule has 4 rings (SSSR count). The Morgan fingerprint density at radius 3 is 3.00 bits per heavy atom. The SMILES string of the molecule is CC=CC1=CCOC12CCCc1sc(-c3ccncc3)cc12. The van der Waals surface area contributed by atoms with Gasteiger partial charge in [0, 0.05) is 27.7 Å². The summed E-state index contributed by atoms with van der Waals surface area (Å²) in [4.78, 5) is 6.93. The Morgan fingerprint density at radius 1 is 1.32 bits per heavy atom. The number of hydrogen-bond acceptors (Lipinski definition) is 3. The number of aryl methyl sites for hydroxylation is 1. The molecule has 0 amide bonds. The van der Waals surface area contributed by atoms with E-state index in [2.05, 4.69) is 48.3 Å². The third kappa shape index (κ3) is 2.08. The average Bonchev–Trinajstić information content (AvgIpc) is 3.15. The summed E-state index contributed by atoms with van der Waals surface area (Å²) >= 11 is 1.91. The van der Waals surface area contributed by atoms with Crippen LogP contribution in [0.5, 0.6) is 0 Å². The van der Waals surface area contributed by atoms with Crippen molar-refractivity contribution in [3.63, 3.8) is 0 Å². The zero-order valence-electron chi connectivity index (χ0n) is 12.7. The second-order valence-corrected chi connectivity index (χ2v) is 6.97. The van der Waals surface area contributed by atoms with Gasteiger partial charge in [-0.05, 0) is 55.5 Å². The fourth-order valence-corrected chi connectivity index (χ4v) is 4.88. The standard InChI is InChI=1S/C19H19NOS/c1-2-4-15-8-12-21-19(15)9-3-5-17-16(19)13-18(22-17)14-6-10-20-11-7-14/h2,4,6-8,10-11,13H,3,5,9,12H2,1H3. The molecule has 22 heavy (non-hydrogen) atoms. The van der Waals surface area contributed by atoms with Crippen molar-refractivity contribution in [2.24, 2.45) is 0 Å².